The zero-order valence-electron chi connectivity index (χ0n) is 14.1. The van der Waals surface area contributed by atoms with Crippen molar-refractivity contribution >= 4 is 18.7 Å². The molecule has 2 aliphatic rings. The summed E-state index contributed by atoms with van der Waals surface area (Å²) in [7, 11) is -0.245. The highest BCUT2D eigenvalue weighted by Crippen LogP contribution is 2.18. The topological polar surface area (TPSA) is 48.0 Å². The lowest BCUT2D eigenvalue weighted by molar-refractivity contribution is 0.0258. The molecule has 0 atom stereocenters. The Labute approximate surface area is 138 Å². The molecule has 6 heteroatoms. The van der Waals surface area contributed by atoms with Gasteiger partial charge < -0.3 is 18.9 Å². The molecule has 0 aliphatic carbocycles. The molecular formula is C17H24BNO4. The van der Waals surface area contributed by atoms with Crippen molar-refractivity contribution in [2.45, 2.75) is 39.2 Å². The van der Waals surface area contributed by atoms with Gasteiger partial charge in [0.1, 0.15) is 5.60 Å². The Kier molecular flexibility index (Phi) is 4.64. The van der Waals surface area contributed by atoms with Gasteiger partial charge in [-0.2, -0.15) is 0 Å². The Hall–Kier alpha value is -1.53. The first-order valence-corrected chi connectivity index (χ1v) is 8.25. The van der Waals surface area contributed by atoms with Gasteiger partial charge in [-0.15, -0.1) is 0 Å². The van der Waals surface area contributed by atoms with E-state index in [1.165, 1.54) is 11.1 Å². The van der Waals surface area contributed by atoms with Gasteiger partial charge in [0.15, 0.2) is 0 Å². The van der Waals surface area contributed by atoms with Gasteiger partial charge in [-0.25, -0.2) is 4.79 Å². The van der Waals surface area contributed by atoms with Gasteiger partial charge in [0.25, 0.3) is 0 Å². The number of hydrogen-bond donors (Lipinski definition) is 0. The summed E-state index contributed by atoms with van der Waals surface area (Å²) in [5.41, 5.74) is 3.16. The maximum atomic E-state index is 12.3. The van der Waals surface area contributed by atoms with E-state index in [0.29, 0.717) is 26.3 Å². The highest BCUT2D eigenvalue weighted by molar-refractivity contribution is 6.61. The Morgan fingerprint density at radius 1 is 1.13 bits per heavy atom. The van der Waals surface area contributed by atoms with Crippen LogP contribution >= 0.6 is 0 Å². The molecule has 23 heavy (non-hydrogen) atoms. The van der Waals surface area contributed by atoms with Crippen LogP contribution in [0, 0.1) is 0 Å². The Bertz CT molecular complexity index is 578. The summed E-state index contributed by atoms with van der Waals surface area (Å²) in [6.07, 6.45) is 1.45. The molecule has 1 aromatic carbocycles. The van der Waals surface area contributed by atoms with Crippen molar-refractivity contribution in [2.24, 2.45) is 0 Å². The molecule has 1 aromatic rings. The number of benzene rings is 1. The summed E-state index contributed by atoms with van der Waals surface area (Å²) in [4.78, 5) is 14.1. The van der Waals surface area contributed by atoms with Crippen LogP contribution in [0.3, 0.4) is 0 Å². The fraction of sp³-hybridized carbons (Fsp3) is 0.588. The molecule has 0 saturated carbocycles. The molecule has 0 bridgehead atoms. The Balaban J connectivity index is 1.69. The van der Waals surface area contributed by atoms with Gasteiger partial charge in [0, 0.05) is 13.1 Å². The number of nitrogens with zero attached hydrogens (tertiary/aromatic N) is 1. The number of fused-ring (bicyclic) bond motifs is 1. The largest absolute Gasteiger partial charge is 0.494 e. The lowest BCUT2D eigenvalue weighted by Crippen LogP contribution is -2.38. The SMILES string of the molecule is CC(C)(C)OC(=O)N1CCc2ccc(B3OCCO3)cc2CC1. The molecule has 1 saturated heterocycles. The summed E-state index contributed by atoms with van der Waals surface area (Å²) < 4.78 is 16.6. The second-order valence-electron chi connectivity index (χ2n) is 7.07. The zero-order valence-corrected chi connectivity index (χ0v) is 14.1. The van der Waals surface area contributed by atoms with E-state index in [1.807, 2.05) is 20.8 Å². The van der Waals surface area contributed by atoms with E-state index >= 15 is 0 Å². The third-order valence-corrected chi connectivity index (χ3v) is 4.08. The normalized spacial score (nSPS) is 18.6. The van der Waals surface area contributed by atoms with Crippen LogP contribution in [0.5, 0.6) is 0 Å². The predicted molar refractivity (Wildman–Crippen MR) is 88.9 cm³/mol. The number of ether oxygens (including phenoxy) is 1. The maximum Gasteiger partial charge on any atom is 0.494 e. The van der Waals surface area contributed by atoms with Crippen molar-refractivity contribution in [1.82, 2.24) is 4.90 Å². The lowest BCUT2D eigenvalue weighted by Gasteiger charge is -2.26. The van der Waals surface area contributed by atoms with E-state index in [4.69, 9.17) is 14.0 Å². The first-order chi connectivity index (χ1) is 10.9. The maximum absolute atomic E-state index is 12.3. The number of amides is 1. The van der Waals surface area contributed by atoms with Crippen LogP contribution in [0.25, 0.3) is 0 Å². The summed E-state index contributed by atoms with van der Waals surface area (Å²) >= 11 is 0. The fourth-order valence-corrected chi connectivity index (χ4v) is 2.95. The van der Waals surface area contributed by atoms with Crippen molar-refractivity contribution < 1.29 is 18.8 Å². The molecule has 0 radical (unpaired) electrons. The molecule has 5 nitrogen and oxygen atoms in total. The molecule has 3 rings (SSSR count). The van der Waals surface area contributed by atoms with Crippen molar-refractivity contribution in [2.75, 3.05) is 26.3 Å². The minimum atomic E-state index is -0.458. The van der Waals surface area contributed by atoms with Crippen LogP contribution in [-0.2, 0) is 26.9 Å². The molecule has 1 fully saturated rings. The summed E-state index contributed by atoms with van der Waals surface area (Å²) in [6.45, 7) is 8.35. The monoisotopic (exact) mass is 317 g/mol. The lowest BCUT2D eigenvalue weighted by atomic mass is 9.77. The van der Waals surface area contributed by atoms with E-state index in [9.17, 15) is 4.79 Å². The zero-order chi connectivity index (χ0) is 16.4. The third-order valence-electron chi connectivity index (χ3n) is 4.08. The number of hydrogen-bond acceptors (Lipinski definition) is 4. The van der Waals surface area contributed by atoms with E-state index in [2.05, 4.69) is 18.2 Å². The van der Waals surface area contributed by atoms with Gasteiger partial charge in [-0.3, -0.25) is 0 Å². The van der Waals surface area contributed by atoms with Crippen molar-refractivity contribution in [3.05, 3.63) is 29.3 Å². The predicted octanol–water partition coefficient (Wildman–Crippen LogP) is 1.76. The van der Waals surface area contributed by atoms with Crippen LogP contribution < -0.4 is 5.46 Å². The standard InChI is InChI=1S/C17H24BNO4/c1-17(2,3)23-16(20)19-8-6-13-4-5-15(12-14(13)7-9-19)18-21-10-11-22-18/h4-5,12H,6-11H2,1-3H3. The fourth-order valence-electron chi connectivity index (χ4n) is 2.95. The third kappa shape index (κ3) is 4.06. The highest BCUT2D eigenvalue weighted by atomic mass is 16.6. The average molecular weight is 317 g/mol. The van der Waals surface area contributed by atoms with Gasteiger partial charge in [0.2, 0.25) is 0 Å². The van der Waals surface area contributed by atoms with Crippen LogP contribution in [0.15, 0.2) is 18.2 Å². The first kappa shape index (κ1) is 16.3. The Morgan fingerprint density at radius 2 is 1.78 bits per heavy atom. The van der Waals surface area contributed by atoms with Crippen LogP contribution in [0.4, 0.5) is 4.79 Å². The summed E-state index contributed by atoms with van der Waals surface area (Å²) in [5, 5.41) is 0. The van der Waals surface area contributed by atoms with Gasteiger partial charge >= 0.3 is 13.2 Å². The second-order valence-corrected chi connectivity index (χ2v) is 7.07. The van der Waals surface area contributed by atoms with E-state index in [-0.39, 0.29) is 13.2 Å². The van der Waals surface area contributed by atoms with E-state index < -0.39 is 5.60 Å². The Morgan fingerprint density at radius 3 is 2.43 bits per heavy atom. The minimum absolute atomic E-state index is 0.229. The molecule has 0 aromatic heterocycles. The van der Waals surface area contributed by atoms with E-state index in [0.717, 1.165) is 18.3 Å². The molecule has 124 valence electrons. The van der Waals surface area contributed by atoms with Crippen LogP contribution in [0.2, 0.25) is 0 Å². The molecule has 1 amide bonds. The molecule has 2 aliphatic heterocycles. The number of rotatable bonds is 1. The quantitative estimate of drug-likeness (QED) is 0.741. The molecular weight excluding hydrogens is 293 g/mol. The second kappa shape index (κ2) is 6.53. The molecule has 0 spiro atoms. The smallest absolute Gasteiger partial charge is 0.444 e. The van der Waals surface area contributed by atoms with E-state index in [1.54, 1.807) is 4.90 Å². The highest BCUT2D eigenvalue weighted by Gasteiger charge is 2.28. The summed E-state index contributed by atoms with van der Waals surface area (Å²) in [5.74, 6) is 0. The molecule has 0 N–H and O–H groups in total. The number of carbonyl (C=O) groups is 1. The summed E-state index contributed by atoms with van der Waals surface area (Å²) in [6, 6.07) is 6.36. The molecule has 0 unspecified atom stereocenters. The van der Waals surface area contributed by atoms with Crippen LogP contribution in [0.1, 0.15) is 31.9 Å². The van der Waals surface area contributed by atoms with Crippen molar-refractivity contribution in [3.8, 4) is 0 Å². The van der Waals surface area contributed by atoms with Gasteiger partial charge in [-0.1, -0.05) is 18.2 Å². The van der Waals surface area contributed by atoms with Crippen molar-refractivity contribution in [1.29, 1.82) is 0 Å². The van der Waals surface area contributed by atoms with Gasteiger partial charge in [-0.05, 0) is 50.2 Å². The van der Waals surface area contributed by atoms with Crippen LogP contribution in [-0.4, -0.2) is 50.0 Å². The first-order valence-electron chi connectivity index (χ1n) is 8.25. The molecule has 2 heterocycles. The average Bonchev–Trinajstić information content (AvgIpc) is 2.92. The minimum Gasteiger partial charge on any atom is -0.444 e. The van der Waals surface area contributed by atoms with Gasteiger partial charge in [0.05, 0.1) is 13.2 Å². The number of carbonyl (C=O) groups excluding carboxylic acids is 1. The van der Waals surface area contributed by atoms with Crippen molar-refractivity contribution in [3.63, 3.8) is 0 Å².